The van der Waals surface area contributed by atoms with E-state index in [2.05, 4.69) is 10.6 Å². The van der Waals surface area contributed by atoms with Gasteiger partial charge in [0.25, 0.3) is 5.91 Å². The van der Waals surface area contributed by atoms with Gasteiger partial charge in [-0.1, -0.05) is 12.1 Å². The highest BCUT2D eigenvalue weighted by molar-refractivity contribution is 6.25. The fourth-order valence-corrected chi connectivity index (χ4v) is 8.26. The van der Waals surface area contributed by atoms with Crippen LogP contribution in [0.3, 0.4) is 0 Å². The Bertz CT molecular complexity index is 1510. The lowest BCUT2D eigenvalue weighted by atomic mass is 9.54. The van der Waals surface area contributed by atoms with Crippen molar-refractivity contribution in [3.63, 3.8) is 0 Å². The first-order chi connectivity index (χ1) is 20.7. The van der Waals surface area contributed by atoms with Crippen LogP contribution in [-0.4, -0.2) is 108 Å². The highest BCUT2D eigenvalue weighted by atomic mass is 16.5. The summed E-state index contributed by atoms with van der Waals surface area (Å²) in [6.07, 6.45) is 0.890. The number of hydroxylamine groups is 2. The molecule has 45 heavy (non-hydrogen) atoms. The summed E-state index contributed by atoms with van der Waals surface area (Å²) in [7, 11) is 3.08. The molecule has 5 rings (SSSR count). The van der Waals surface area contributed by atoms with Gasteiger partial charge in [-0.15, -0.1) is 0 Å². The van der Waals surface area contributed by atoms with Crippen LogP contribution in [0.1, 0.15) is 65.0 Å². The Labute approximate surface area is 261 Å². The molecule has 13 nitrogen and oxygen atoms in total. The number of piperidine rings is 1. The largest absolute Gasteiger partial charge is 0.508 e. The van der Waals surface area contributed by atoms with Gasteiger partial charge >= 0.3 is 0 Å². The van der Waals surface area contributed by atoms with Crippen molar-refractivity contribution in [1.29, 1.82) is 0 Å². The van der Waals surface area contributed by atoms with Crippen molar-refractivity contribution in [2.75, 3.05) is 20.8 Å². The summed E-state index contributed by atoms with van der Waals surface area (Å²) < 4.78 is 0. The van der Waals surface area contributed by atoms with E-state index in [1.165, 1.54) is 35.1 Å². The van der Waals surface area contributed by atoms with Crippen molar-refractivity contribution in [2.45, 2.75) is 88.2 Å². The summed E-state index contributed by atoms with van der Waals surface area (Å²) in [5.74, 6) is -7.56. The molecule has 8 N–H and O–H groups in total. The van der Waals surface area contributed by atoms with Crippen LogP contribution in [0.15, 0.2) is 35.1 Å². The number of benzene rings is 1. The lowest BCUT2D eigenvalue weighted by Crippen LogP contribution is -2.67. The number of rotatable bonds is 5. The molecule has 1 aromatic carbocycles. The van der Waals surface area contributed by atoms with Crippen molar-refractivity contribution in [2.24, 2.45) is 11.8 Å². The normalized spacial score (nSPS) is 33.2. The second-order valence-corrected chi connectivity index (χ2v) is 14.5. The minimum Gasteiger partial charge on any atom is -0.508 e. The highest BCUT2D eigenvalue weighted by Gasteiger charge is 2.66. The van der Waals surface area contributed by atoms with E-state index in [9.17, 15) is 45.1 Å². The molecule has 1 saturated heterocycles. The van der Waals surface area contributed by atoms with Gasteiger partial charge in [0.2, 0.25) is 5.78 Å². The molecule has 3 aliphatic carbocycles. The minimum atomic E-state index is -2.79. The molecule has 4 aliphatic rings. The first-order valence-corrected chi connectivity index (χ1v) is 15.1. The molecule has 1 heterocycles. The number of aliphatic hydroxyl groups excluding tert-OH is 2. The molecular formula is C32H44N4O9. The Morgan fingerprint density at radius 3 is 2.20 bits per heavy atom. The molecule has 13 heteroatoms. The van der Waals surface area contributed by atoms with Crippen molar-refractivity contribution < 1.29 is 45.1 Å². The van der Waals surface area contributed by atoms with Crippen LogP contribution in [0.25, 0.3) is 5.76 Å². The SMILES string of the molecule is CN(C)[C@@H]1C(=O)C(C(=O)NCNC2CC(C)(C)N(O)C(C)(C)C2)=C(O)[C@@]2(O)C(=O)C3=C(O)c4c(O)cccc4[C@@](C)(O)[C@@H]3C[C@@H]12. The maximum atomic E-state index is 14.2. The summed E-state index contributed by atoms with van der Waals surface area (Å²) in [6, 6.07) is 2.91. The number of hydrogen-bond acceptors (Lipinski definition) is 12. The van der Waals surface area contributed by atoms with E-state index in [1.54, 1.807) is 14.1 Å². The van der Waals surface area contributed by atoms with Gasteiger partial charge in [-0.2, -0.15) is 5.06 Å². The van der Waals surface area contributed by atoms with Gasteiger partial charge in [-0.05, 0) is 79.6 Å². The van der Waals surface area contributed by atoms with Crippen LogP contribution in [0.5, 0.6) is 5.75 Å². The van der Waals surface area contributed by atoms with E-state index in [4.69, 9.17) is 0 Å². The third-order valence-corrected chi connectivity index (χ3v) is 10.3. The van der Waals surface area contributed by atoms with Gasteiger partial charge in [0.15, 0.2) is 11.4 Å². The number of phenolic OH excluding ortho intramolecular Hbond substituents is 1. The number of carbonyl (C=O) groups is 3. The van der Waals surface area contributed by atoms with Crippen LogP contribution >= 0.6 is 0 Å². The van der Waals surface area contributed by atoms with E-state index in [1.807, 2.05) is 27.7 Å². The number of phenols is 1. The lowest BCUT2D eigenvalue weighted by molar-refractivity contribution is -0.246. The number of aliphatic hydroxyl groups is 4. The molecule has 246 valence electrons. The van der Waals surface area contributed by atoms with Gasteiger partial charge in [0, 0.05) is 34.5 Å². The fourth-order valence-electron chi connectivity index (χ4n) is 8.26. The average Bonchev–Trinajstić information content (AvgIpc) is 2.92. The van der Waals surface area contributed by atoms with Crippen molar-refractivity contribution in [3.8, 4) is 5.75 Å². The third kappa shape index (κ3) is 4.79. The van der Waals surface area contributed by atoms with Gasteiger partial charge in [0.05, 0.1) is 23.9 Å². The maximum absolute atomic E-state index is 14.2. The number of aromatic hydroxyl groups is 1. The average molecular weight is 629 g/mol. The quantitative estimate of drug-likeness (QED) is 0.171. The Kier molecular flexibility index (Phi) is 7.79. The Morgan fingerprint density at radius 1 is 1.02 bits per heavy atom. The molecular weight excluding hydrogens is 584 g/mol. The second kappa shape index (κ2) is 10.6. The van der Waals surface area contributed by atoms with Crippen LogP contribution in [0, 0.1) is 11.8 Å². The minimum absolute atomic E-state index is 0.111. The number of hydrogen-bond donors (Lipinski definition) is 8. The molecule has 1 aliphatic heterocycles. The summed E-state index contributed by atoms with van der Waals surface area (Å²) in [5, 5.41) is 74.7. The third-order valence-electron chi connectivity index (χ3n) is 10.3. The number of nitrogens with one attached hydrogen (secondary N) is 2. The zero-order valence-corrected chi connectivity index (χ0v) is 26.7. The van der Waals surface area contributed by atoms with Crippen molar-refractivity contribution >= 4 is 23.2 Å². The molecule has 0 aromatic heterocycles. The lowest BCUT2D eigenvalue weighted by Gasteiger charge is -2.53. The first-order valence-electron chi connectivity index (χ1n) is 15.1. The summed E-state index contributed by atoms with van der Waals surface area (Å²) in [4.78, 5) is 43.0. The Hall–Kier alpha value is -3.33. The fraction of sp³-hybridized carbons (Fsp3) is 0.594. The predicted molar refractivity (Wildman–Crippen MR) is 162 cm³/mol. The monoisotopic (exact) mass is 628 g/mol. The number of Topliss-reactive ketones (excluding diaryl/α,β-unsaturated/α-hetero) is 2. The number of amides is 1. The summed E-state index contributed by atoms with van der Waals surface area (Å²) in [5.41, 5.74) is -6.90. The number of carbonyl (C=O) groups excluding carboxylic acids is 3. The standard InChI is InChI=1S/C32H44N4O9/c1-29(2)12-15(13-30(3,4)36(29)45)33-14-34-28(42)22-25(39)23(35(6)7)18-11-17-21(26(40)32(18,44)27(22)41)24(38)20-16(31(17,5)43)9-8-10-19(20)37/h8-10,15,17-18,23,33,37-38,41,43-45H,11-14H2,1-7H3,(H,34,42)/t17-,18+,23+,31-,32+/m1/s1. The predicted octanol–water partition coefficient (Wildman–Crippen LogP) is 1.22. The van der Waals surface area contributed by atoms with Gasteiger partial charge in [-0.25, -0.2) is 0 Å². The summed E-state index contributed by atoms with van der Waals surface area (Å²) in [6.45, 7) is 8.90. The van der Waals surface area contributed by atoms with E-state index in [0.717, 1.165) is 0 Å². The number of nitrogens with zero attached hydrogens (tertiary/aromatic N) is 2. The van der Waals surface area contributed by atoms with Gasteiger partial charge in [-0.3, -0.25) is 24.6 Å². The number of ketones is 2. The van der Waals surface area contributed by atoms with Crippen LogP contribution < -0.4 is 10.6 Å². The zero-order valence-electron chi connectivity index (χ0n) is 26.7. The van der Waals surface area contributed by atoms with Crippen LogP contribution in [0.4, 0.5) is 0 Å². The van der Waals surface area contributed by atoms with Gasteiger partial charge in [0.1, 0.15) is 22.8 Å². The molecule has 0 radical (unpaired) electrons. The molecule has 0 bridgehead atoms. The van der Waals surface area contributed by atoms with Crippen LogP contribution in [-0.2, 0) is 20.0 Å². The topological polar surface area (TPSA) is 203 Å². The van der Waals surface area contributed by atoms with Crippen LogP contribution in [0.2, 0.25) is 0 Å². The number of fused-ring (bicyclic) bond motifs is 3. The van der Waals surface area contributed by atoms with E-state index >= 15 is 0 Å². The smallest absolute Gasteiger partial charge is 0.259 e. The van der Waals surface area contributed by atoms with Gasteiger partial charge < -0.3 is 36.1 Å². The molecule has 0 unspecified atom stereocenters. The van der Waals surface area contributed by atoms with Crippen molar-refractivity contribution in [3.05, 3.63) is 46.2 Å². The molecule has 2 fully saturated rings. The maximum Gasteiger partial charge on any atom is 0.259 e. The zero-order chi connectivity index (χ0) is 33.6. The van der Waals surface area contributed by atoms with E-state index in [0.29, 0.717) is 12.8 Å². The Morgan fingerprint density at radius 2 is 1.62 bits per heavy atom. The molecule has 5 atom stereocenters. The van der Waals surface area contributed by atoms with Crippen molar-refractivity contribution in [1.82, 2.24) is 20.6 Å². The van der Waals surface area contributed by atoms with E-state index in [-0.39, 0.29) is 30.3 Å². The summed E-state index contributed by atoms with van der Waals surface area (Å²) >= 11 is 0. The molecule has 1 saturated carbocycles. The molecule has 1 amide bonds. The molecule has 1 aromatic rings. The molecule has 0 spiro atoms. The highest BCUT2D eigenvalue weighted by Crippen LogP contribution is 2.57. The van der Waals surface area contributed by atoms with E-state index < -0.39 is 86.0 Å². The second-order valence-electron chi connectivity index (χ2n) is 14.5. The first kappa shape index (κ1) is 33.0. The number of likely N-dealkylation sites (N-methyl/N-ethyl adjacent to an activating group) is 1. The Balaban J connectivity index is 1.50.